The van der Waals surface area contributed by atoms with Crippen LogP contribution < -0.4 is 10.6 Å². The van der Waals surface area contributed by atoms with E-state index in [-0.39, 0.29) is 11.8 Å². The zero-order chi connectivity index (χ0) is 16.9. The molecule has 2 N–H and O–H groups in total. The predicted molar refractivity (Wildman–Crippen MR) is 89.6 cm³/mol. The van der Waals surface area contributed by atoms with E-state index in [0.717, 1.165) is 10.2 Å². The van der Waals surface area contributed by atoms with Crippen molar-refractivity contribution in [2.75, 3.05) is 10.6 Å². The molecule has 0 aliphatic rings. The summed E-state index contributed by atoms with van der Waals surface area (Å²) >= 11 is 1.37. The minimum atomic E-state index is -0.130. The minimum Gasteiger partial charge on any atom is -0.326 e. The van der Waals surface area contributed by atoms with E-state index in [1.807, 2.05) is 12.1 Å². The number of fused-ring (bicyclic) bond motifs is 1. The van der Waals surface area contributed by atoms with Gasteiger partial charge in [0.25, 0.3) is 0 Å². The third-order valence-corrected chi connectivity index (χ3v) is 4.07. The molecule has 0 unspecified atom stereocenters. The lowest BCUT2D eigenvalue weighted by Crippen LogP contribution is -2.12. The molecule has 1 aromatic carbocycles. The summed E-state index contributed by atoms with van der Waals surface area (Å²) in [6.07, 6.45) is 2.50. The number of amides is 2. The highest BCUT2D eigenvalue weighted by atomic mass is 32.1. The van der Waals surface area contributed by atoms with Crippen LogP contribution in [0.2, 0.25) is 0 Å². The van der Waals surface area contributed by atoms with Gasteiger partial charge in [-0.15, -0.1) is 5.10 Å². The summed E-state index contributed by atoms with van der Waals surface area (Å²) < 4.78 is 2.47. The van der Waals surface area contributed by atoms with Crippen LogP contribution in [0.1, 0.15) is 19.8 Å². The Bertz CT molecular complexity index is 859. The number of thiazole rings is 1. The summed E-state index contributed by atoms with van der Waals surface area (Å²) in [5, 5.41) is 16.9. The van der Waals surface area contributed by atoms with Gasteiger partial charge in [0, 0.05) is 25.6 Å². The first-order chi connectivity index (χ1) is 11.6. The summed E-state index contributed by atoms with van der Waals surface area (Å²) in [7, 11) is 0. The topological polar surface area (TPSA) is 115 Å². The molecule has 3 rings (SSSR count). The van der Waals surface area contributed by atoms with Crippen LogP contribution in [-0.2, 0) is 16.1 Å². The Hall–Kier alpha value is -2.88. The molecule has 0 bridgehead atoms. The van der Waals surface area contributed by atoms with Crippen LogP contribution in [-0.4, -0.2) is 37.0 Å². The van der Waals surface area contributed by atoms with Crippen molar-refractivity contribution in [3.8, 4) is 0 Å². The number of hydrogen-bond donors (Lipinski definition) is 2. The molecule has 0 saturated heterocycles. The van der Waals surface area contributed by atoms with Crippen LogP contribution >= 0.6 is 11.3 Å². The summed E-state index contributed by atoms with van der Waals surface area (Å²) in [6, 6.07) is 5.42. The van der Waals surface area contributed by atoms with Crippen molar-refractivity contribution in [1.29, 1.82) is 0 Å². The van der Waals surface area contributed by atoms with Gasteiger partial charge in [0.05, 0.1) is 10.2 Å². The maximum atomic E-state index is 12.0. The Morgan fingerprint density at radius 2 is 2.17 bits per heavy atom. The highest BCUT2D eigenvalue weighted by molar-refractivity contribution is 7.22. The van der Waals surface area contributed by atoms with Crippen LogP contribution in [0.15, 0.2) is 24.5 Å². The molecule has 24 heavy (non-hydrogen) atoms. The maximum absolute atomic E-state index is 12.0. The van der Waals surface area contributed by atoms with Gasteiger partial charge in [-0.3, -0.25) is 9.59 Å². The van der Waals surface area contributed by atoms with Gasteiger partial charge in [-0.25, -0.2) is 9.67 Å². The Morgan fingerprint density at radius 3 is 2.92 bits per heavy atom. The summed E-state index contributed by atoms with van der Waals surface area (Å²) in [4.78, 5) is 27.4. The highest BCUT2D eigenvalue weighted by Gasteiger charge is 2.09. The number of hydrogen-bond acceptors (Lipinski definition) is 7. The molecule has 0 fully saturated rings. The zero-order valence-corrected chi connectivity index (χ0v) is 13.7. The molecular formula is C14H15N7O2S. The largest absolute Gasteiger partial charge is 0.326 e. The number of carbonyl (C=O) groups is 2. The van der Waals surface area contributed by atoms with Crippen LogP contribution in [0.4, 0.5) is 10.8 Å². The molecule has 2 heterocycles. The monoisotopic (exact) mass is 345 g/mol. The lowest BCUT2D eigenvalue weighted by atomic mass is 10.3. The number of aryl methyl sites for hydroxylation is 1. The molecule has 0 radical (unpaired) electrons. The maximum Gasteiger partial charge on any atom is 0.226 e. The fourth-order valence-corrected chi connectivity index (χ4v) is 3.05. The van der Waals surface area contributed by atoms with E-state index in [2.05, 4.69) is 31.1 Å². The number of benzene rings is 1. The van der Waals surface area contributed by atoms with E-state index in [0.29, 0.717) is 30.2 Å². The standard InChI is InChI=1S/C14H15N7O2S/c1-9(22)16-10-4-5-11-12(7-10)24-14(17-11)18-13(23)3-2-6-21-8-15-19-20-21/h4-5,7-8H,2-3,6H2,1H3,(H,16,22)(H,17,18,23). The van der Waals surface area contributed by atoms with Crippen LogP contribution in [0.5, 0.6) is 0 Å². The van der Waals surface area contributed by atoms with Crippen molar-refractivity contribution in [3.63, 3.8) is 0 Å². The second kappa shape index (κ2) is 7.13. The van der Waals surface area contributed by atoms with E-state index >= 15 is 0 Å². The van der Waals surface area contributed by atoms with Gasteiger partial charge in [0.15, 0.2) is 5.13 Å². The molecule has 0 aliphatic heterocycles. The number of aromatic nitrogens is 5. The molecule has 9 nitrogen and oxygen atoms in total. The molecule has 0 spiro atoms. The van der Waals surface area contributed by atoms with Crippen molar-refractivity contribution >= 4 is 44.2 Å². The van der Waals surface area contributed by atoms with Gasteiger partial charge in [0.2, 0.25) is 11.8 Å². The Morgan fingerprint density at radius 1 is 1.29 bits per heavy atom. The number of rotatable bonds is 6. The molecule has 0 atom stereocenters. The number of tetrazole rings is 1. The number of nitrogens with one attached hydrogen (secondary N) is 2. The average Bonchev–Trinajstić information content (AvgIpc) is 3.15. The van der Waals surface area contributed by atoms with Gasteiger partial charge in [-0.05, 0) is 35.0 Å². The van der Waals surface area contributed by atoms with Crippen LogP contribution in [0.3, 0.4) is 0 Å². The third-order valence-electron chi connectivity index (χ3n) is 3.14. The van der Waals surface area contributed by atoms with Crippen LogP contribution in [0.25, 0.3) is 10.2 Å². The number of carbonyl (C=O) groups excluding carboxylic acids is 2. The van der Waals surface area contributed by atoms with Crippen molar-refractivity contribution in [3.05, 3.63) is 24.5 Å². The van der Waals surface area contributed by atoms with Gasteiger partial charge >= 0.3 is 0 Å². The lowest BCUT2D eigenvalue weighted by Gasteiger charge is -2.01. The van der Waals surface area contributed by atoms with Crippen molar-refractivity contribution in [1.82, 2.24) is 25.2 Å². The SMILES string of the molecule is CC(=O)Nc1ccc2nc(NC(=O)CCCn3cnnn3)sc2c1. The minimum absolute atomic E-state index is 0.107. The van der Waals surface area contributed by atoms with E-state index in [1.165, 1.54) is 24.6 Å². The summed E-state index contributed by atoms with van der Waals surface area (Å²) in [5.74, 6) is -0.237. The zero-order valence-electron chi connectivity index (χ0n) is 12.9. The van der Waals surface area contributed by atoms with Gasteiger partial charge in [-0.1, -0.05) is 11.3 Å². The summed E-state index contributed by atoms with van der Waals surface area (Å²) in [5.41, 5.74) is 1.48. The Labute approximate surface area is 141 Å². The number of anilines is 2. The van der Waals surface area contributed by atoms with E-state index in [9.17, 15) is 9.59 Å². The molecule has 3 aromatic rings. The Kier molecular flexibility index (Phi) is 4.75. The normalized spacial score (nSPS) is 10.7. The van der Waals surface area contributed by atoms with Gasteiger partial charge in [0.1, 0.15) is 6.33 Å². The van der Waals surface area contributed by atoms with E-state index < -0.39 is 0 Å². The van der Waals surface area contributed by atoms with E-state index in [1.54, 1.807) is 10.7 Å². The smallest absolute Gasteiger partial charge is 0.226 e. The van der Waals surface area contributed by atoms with E-state index in [4.69, 9.17) is 0 Å². The fraction of sp³-hybridized carbons (Fsp3) is 0.286. The molecule has 0 saturated carbocycles. The molecule has 2 aromatic heterocycles. The average molecular weight is 345 g/mol. The molecule has 10 heteroatoms. The molecular weight excluding hydrogens is 330 g/mol. The van der Waals surface area contributed by atoms with Crippen LogP contribution in [0, 0.1) is 0 Å². The quantitative estimate of drug-likeness (QED) is 0.702. The molecule has 2 amide bonds. The van der Waals surface area contributed by atoms with Crippen molar-refractivity contribution in [2.24, 2.45) is 0 Å². The van der Waals surface area contributed by atoms with Crippen molar-refractivity contribution in [2.45, 2.75) is 26.3 Å². The van der Waals surface area contributed by atoms with Gasteiger partial charge < -0.3 is 10.6 Å². The van der Waals surface area contributed by atoms with Crippen molar-refractivity contribution < 1.29 is 9.59 Å². The second-order valence-electron chi connectivity index (χ2n) is 5.11. The summed E-state index contributed by atoms with van der Waals surface area (Å²) in [6.45, 7) is 2.04. The third kappa shape index (κ3) is 4.10. The predicted octanol–water partition coefficient (Wildman–Crippen LogP) is 1.66. The van der Waals surface area contributed by atoms with Gasteiger partial charge in [-0.2, -0.15) is 0 Å². The first-order valence-corrected chi connectivity index (χ1v) is 8.10. The number of nitrogens with zero attached hydrogens (tertiary/aromatic N) is 5. The highest BCUT2D eigenvalue weighted by Crippen LogP contribution is 2.28. The molecule has 0 aliphatic carbocycles. The first kappa shape index (κ1) is 16.0. The Balaban J connectivity index is 1.58. The molecule has 124 valence electrons. The first-order valence-electron chi connectivity index (χ1n) is 7.29. The second-order valence-corrected chi connectivity index (χ2v) is 6.14. The lowest BCUT2D eigenvalue weighted by molar-refractivity contribution is -0.116. The fourth-order valence-electron chi connectivity index (χ4n) is 2.13.